The Labute approximate surface area is 145 Å². The van der Waals surface area contributed by atoms with E-state index >= 15 is 0 Å². The van der Waals surface area contributed by atoms with Crippen molar-refractivity contribution in [3.05, 3.63) is 75.8 Å². The van der Waals surface area contributed by atoms with Crippen molar-refractivity contribution in [2.24, 2.45) is 5.10 Å². The van der Waals surface area contributed by atoms with E-state index in [4.69, 9.17) is 0 Å². The van der Waals surface area contributed by atoms with E-state index in [1.807, 2.05) is 35.2 Å². The number of rotatable bonds is 4. The molecule has 0 fully saturated rings. The lowest BCUT2D eigenvalue weighted by Gasteiger charge is -2.28. The number of nitrogens with zero attached hydrogens (tertiary/aromatic N) is 5. The largest absolute Gasteiger partial charge is 0.378 e. The SMILES string of the molecule is N#Cc1ccccc1N1CN(CCc2ccccc2)CC([N+](=O)[O-])=N1. The van der Waals surface area contributed by atoms with Crippen LogP contribution in [-0.2, 0) is 6.42 Å². The number of para-hydroxylation sites is 1. The fourth-order valence-electron chi connectivity index (χ4n) is 2.74. The first-order valence-corrected chi connectivity index (χ1v) is 7.92. The highest BCUT2D eigenvalue weighted by Gasteiger charge is 2.30. The molecule has 2 aromatic carbocycles. The van der Waals surface area contributed by atoms with Gasteiger partial charge in [-0.3, -0.25) is 4.90 Å². The Morgan fingerprint density at radius 3 is 2.60 bits per heavy atom. The summed E-state index contributed by atoms with van der Waals surface area (Å²) >= 11 is 0. The fourth-order valence-corrected chi connectivity index (χ4v) is 2.74. The van der Waals surface area contributed by atoms with Crippen molar-refractivity contribution in [2.45, 2.75) is 6.42 Å². The standard InChI is InChI=1S/C18H17N5O2/c19-12-16-8-4-5-9-17(16)22-14-21(13-18(20-22)23(24)25)11-10-15-6-2-1-3-7-15/h1-9H,10-11,13-14H2. The summed E-state index contributed by atoms with van der Waals surface area (Å²) in [4.78, 5) is 12.8. The number of hydrazone groups is 1. The second-order valence-corrected chi connectivity index (χ2v) is 5.73. The molecule has 0 saturated carbocycles. The third-order valence-electron chi connectivity index (χ3n) is 4.01. The molecule has 0 N–H and O–H groups in total. The number of hydrogen-bond acceptors (Lipinski definition) is 6. The topological polar surface area (TPSA) is 85.8 Å². The summed E-state index contributed by atoms with van der Waals surface area (Å²) in [7, 11) is 0. The molecule has 1 heterocycles. The van der Waals surface area contributed by atoms with Gasteiger partial charge < -0.3 is 10.1 Å². The van der Waals surface area contributed by atoms with Gasteiger partial charge >= 0.3 is 5.84 Å². The number of nitriles is 1. The van der Waals surface area contributed by atoms with Gasteiger partial charge in [0, 0.05) is 6.54 Å². The first-order valence-electron chi connectivity index (χ1n) is 7.92. The van der Waals surface area contributed by atoms with E-state index in [-0.39, 0.29) is 12.4 Å². The third-order valence-corrected chi connectivity index (χ3v) is 4.01. The number of nitro groups is 1. The predicted molar refractivity (Wildman–Crippen MR) is 94.7 cm³/mol. The van der Waals surface area contributed by atoms with Crippen molar-refractivity contribution < 1.29 is 4.92 Å². The van der Waals surface area contributed by atoms with Gasteiger partial charge in [-0.05, 0) is 29.0 Å². The van der Waals surface area contributed by atoms with Gasteiger partial charge in [0.2, 0.25) is 0 Å². The van der Waals surface area contributed by atoms with Crippen LogP contribution in [0.5, 0.6) is 0 Å². The zero-order valence-electron chi connectivity index (χ0n) is 13.6. The summed E-state index contributed by atoms with van der Waals surface area (Å²) in [6.45, 7) is 1.26. The predicted octanol–water partition coefficient (Wildman–Crippen LogP) is 2.47. The number of benzene rings is 2. The lowest BCUT2D eigenvalue weighted by Crippen LogP contribution is -2.47. The van der Waals surface area contributed by atoms with E-state index in [1.165, 1.54) is 10.6 Å². The molecule has 7 heteroatoms. The average molecular weight is 335 g/mol. The lowest BCUT2D eigenvalue weighted by molar-refractivity contribution is -0.354. The molecular weight excluding hydrogens is 318 g/mol. The highest BCUT2D eigenvalue weighted by molar-refractivity contribution is 5.79. The molecule has 126 valence electrons. The third kappa shape index (κ3) is 4.00. The summed E-state index contributed by atoms with van der Waals surface area (Å²) < 4.78 is 0. The van der Waals surface area contributed by atoms with E-state index < -0.39 is 4.92 Å². The van der Waals surface area contributed by atoms with Gasteiger partial charge in [-0.15, -0.1) is 0 Å². The molecule has 0 atom stereocenters. The minimum absolute atomic E-state index is 0.118. The monoisotopic (exact) mass is 335 g/mol. The average Bonchev–Trinajstić information content (AvgIpc) is 2.67. The Kier molecular flexibility index (Phi) is 5.02. The van der Waals surface area contributed by atoms with Crippen LogP contribution in [0.3, 0.4) is 0 Å². The molecule has 0 bridgehead atoms. The van der Waals surface area contributed by atoms with Crippen LogP contribution >= 0.6 is 0 Å². The molecule has 0 saturated heterocycles. The molecule has 0 aromatic heterocycles. The molecular formula is C18H17N5O2. The highest BCUT2D eigenvalue weighted by Crippen LogP contribution is 2.22. The van der Waals surface area contributed by atoms with Gasteiger partial charge in [0.15, 0.2) is 0 Å². The van der Waals surface area contributed by atoms with Gasteiger partial charge in [-0.2, -0.15) is 10.3 Å². The Bertz CT molecular complexity index is 829. The normalized spacial score (nSPS) is 14.7. The lowest BCUT2D eigenvalue weighted by atomic mass is 10.1. The summed E-state index contributed by atoms with van der Waals surface area (Å²) in [6.07, 6.45) is 0.791. The van der Waals surface area contributed by atoms with E-state index in [9.17, 15) is 15.4 Å². The quantitative estimate of drug-likeness (QED) is 0.633. The molecule has 3 rings (SSSR count). The zero-order valence-corrected chi connectivity index (χ0v) is 13.6. The van der Waals surface area contributed by atoms with E-state index in [0.29, 0.717) is 24.5 Å². The second kappa shape index (κ2) is 7.55. The molecule has 1 aliphatic heterocycles. The molecule has 7 nitrogen and oxygen atoms in total. The zero-order chi connectivity index (χ0) is 17.6. The Balaban J connectivity index is 1.80. The molecule has 25 heavy (non-hydrogen) atoms. The Morgan fingerprint density at radius 2 is 1.88 bits per heavy atom. The van der Waals surface area contributed by atoms with E-state index in [2.05, 4.69) is 11.2 Å². The number of hydrogen-bond donors (Lipinski definition) is 0. The highest BCUT2D eigenvalue weighted by atomic mass is 16.6. The minimum Gasteiger partial charge on any atom is -0.358 e. The van der Waals surface area contributed by atoms with Crippen molar-refractivity contribution in [1.29, 1.82) is 5.26 Å². The van der Waals surface area contributed by atoms with Crippen LogP contribution in [-0.4, -0.2) is 35.4 Å². The molecule has 1 aliphatic rings. The van der Waals surface area contributed by atoms with Crippen LogP contribution in [0.2, 0.25) is 0 Å². The molecule has 0 amide bonds. The summed E-state index contributed by atoms with van der Waals surface area (Å²) in [5.74, 6) is -0.118. The second-order valence-electron chi connectivity index (χ2n) is 5.73. The van der Waals surface area contributed by atoms with E-state index in [0.717, 1.165) is 6.42 Å². The molecule has 0 radical (unpaired) electrons. The van der Waals surface area contributed by atoms with Crippen molar-refractivity contribution in [1.82, 2.24) is 4.90 Å². The van der Waals surface area contributed by atoms with Crippen LogP contribution < -0.4 is 5.01 Å². The maximum absolute atomic E-state index is 11.3. The van der Waals surface area contributed by atoms with Crippen LogP contribution in [0.4, 0.5) is 5.69 Å². The van der Waals surface area contributed by atoms with E-state index in [1.54, 1.807) is 24.3 Å². The molecule has 0 unspecified atom stereocenters. The molecule has 0 aliphatic carbocycles. The smallest absolute Gasteiger partial charge is 0.358 e. The molecule has 0 spiro atoms. The minimum atomic E-state index is -0.462. The van der Waals surface area contributed by atoms with Gasteiger partial charge in [0.05, 0.1) is 10.7 Å². The summed E-state index contributed by atoms with van der Waals surface area (Å²) in [5, 5.41) is 26.2. The van der Waals surface area contributed by atoms with Crippen LogP contribution in [0.25, 0.3) is 0 Å². The van der Waals surface area contributed by atoms with Gasteiger partial charge in [0.25, 0.3) is 0 Å². The summed E-state index contributed by atoms with van der Waals surface area (Å²) in [6, 6.07) is 19.1. The maximum Gasteiger partial charge on any atom is 0.378 e. The number of amidine groups is 1. The van der Waals surface area contributed by atoms with Gasteiger partial charge in [0.1, 0.15) is 25.0 Å². The van der Waals surface area contributed by atoms with Crippen molar-refractivity contribution in [3.63, 3.8) is 0 Å². The van der Waals surface area contributed by atoms with Crippen molar-refractivity contribution >= 4 is 11.5 Å². The van der Waals surface area contributed by atoms with Crippen LogP contribution in [0.1, 0.15) is 11.1 Å². The van der Waals surface area contributed by atoms with Gasteiger partial charge in [-0.25, -0.2) is 0 Å². The first kappa shape index (κ1) is 16.6. The van der Waals surface area contributed by atoms with Crippen LogP contribution in [0.15, 0.2) is 59.7 Å². The Hall–Kier alpha value is -3.24. The summed E-state index contributed by atoms with van der Waals surface area (Å²) in [5.41, 5.74) is 2.20. The maximum atomic E-state index is 11.3. The Morgan fingerprint density at radius 1 is 1.16 bits per heavy atom. The first-order chi connectivity index (χ1) is 12.2. The van der Waals surface area contributed by atoms with Gasteiger partial charge in [-0.1, -0.05) is 42.5 Å². The van der Waals surface area contributed by atoms with Crippen molar-refractivity contribution in [3.8, 4) is 6.07 Å². The van der Waals surface area contributed by atoms with Crippen LogP contribution in [0, 0.1) is 21.4 Å². The van der Waals surface area contributed by atoms with Crippen molar-refractivity contribution in [2.75, 3.05) is 24.8 Å². The fraction of sp³-hybridized carbons (Fsp3) is 0.222. The molecule has 2 aromatic rings. The number of anilines is 1.